The van der Waals surface area contributed by atoms with Gasteiger partial charge < -0.3 is 29.0 Å². The summed E-state index contributed by atoms with van der Waals surface area (Å²) in [6.45, 7) is 1.61. The minimum atomic E-state index is -0.0283. The highest BCUT2D eigenvalue weighted by Crippen LogP contribution is 2.35. The molecule has 2 aromatic rings. The van der Waals surface area contributed by atoms with Crippen LogP contribution in [0.4, 0.5) is 0 Å². The van der Waals surface area contributed by atoms with E-state index < -0.39 is 0 Å². The minimum absolute atomic E-state index is 0.0283. The lowest BCUT2D eigenvalue weighted by molar-refractivity contribution is -0.123. The van der Waals surface area contributed by atoms with E-state index in [1.54, 1.807) is 27.4 Å². The Morgan fingerprint density at radius 2 is 1.67 bits per heavy atom. The number of carbonyl (C=O) groups excluding carboxylic acids is 1. The molecule has 0 unspecified atom stereocenters. The smallest absolute Gasteiger partial charge is 0.234 e. The van der Waals surface area contributed by atoms with Crippen molar-refractivity contribution in [1.29, 1.82) is 0 Å². The first-order chi connectivity index (χ1) is 16.1. The van der Waals surface area contributed by atoms with Gasteiger partial charge in [-0.05, 0) is 36.6 Å². The molecule has 1 aliphatic carbocycles. The van der Waals surface area contributed by atoms with Gasteiger partial charge in [0.05, 0.1) is 27.9 Å². The van der Waals surface area contributed by atoms with E-state index in [9.17, 15) is 4.79 Å². The Kier molecular flexibility index (Phi) is 7.44. The topological polar surface area (TPSA) is 78.5 Å². The molecular weight excluding hydrogens is 424 g/mol. The maximum atomic E-state index is 12.9. The Bertz CT molecular complexity index is 974. The maximum Gasteiger partial charge on any atom is 0.234 e. The van der Waals surface area contributed by atoms with Crippen LogP contribution in [-0.4, -0.2) is 51.5 Å². The molecule has 2 aliphatic rings. The number of carbonyl (C=O) groups is 1. The van der Waals surface area contributed by atoms with Crippen LogP contribution in [0.1, 0.15) is 36.8 Å². The van der Waals surface area contributed by atoms with E-state index >= 15 is 0 Å². The quantitative estimate of drug-likeness (QED) is 0.586. The average molecular weight is 457 g/mol. The first-order valence-electron chi connectivity index (χ1n) is 11.3. The van der Waals surface area contributed by atoms with Crippen LogP contribution in [-0.2, 0) is 17.9 Å². The summed E-state index contributed by atoms with van der Waals surface area (Å²) in [5, 5.41) is 3.04. The molecule has 1 fully saturated rings. The van der Waals surface area contributed by atoms with Crippen molar-refractivity contribution in [3.05, 3.63) is 41.5 Å². The third kappa shape index (κ3) is 5.45. The lowest BCUT2D eigenvalue weighted by atomic mass is 10.1. The molecule has 8 nitrogen and oxygen atoms in total. The number of fused-ring (bicyclic) bond motifs is 1. The Hall–Kier alpha value is -3.13. The van der Waals surface area contributed by atoms with Crippen LogP contribution in [0.25, 0.3) is 0 Å². The van der Waals surface area contributed by atoms with Gasteiger partial charge in [-0.2, -0.15) is 0 Å². The van der Waals surface area contributed by atoms with E-state index in [4.69, 9.17) is 23.7 Å². The van der Waals surface area contributed by atoms with Gasteiger partial charge in [0.15, 0.2) is 23.0 Å². The van der Waals surface area contributed by atoms with Gasteiger partial charge in [0.1, 0.15) is 5.75 Å². The molecule has 0 radical (unpaired) electrons. The van der Waals surface area contributed by atoms with Crippen LogP contribution in [0.15, 0.2) is 30.3 Å². The second kappa shape index (κ2) is 10.7. The van der Waals surface area contributed by atoms with E-state index in [1.807, 2.05) is 24.3 Å². The van der Waals surface area contributed by atoms with Crippen molar-refractivity contribution in [1.82, 2.24) is 10.2 Å². The van der Waals surface area contributed by atoms with Crippen LogP contribution < -0.4 is 29.0 Å². The second-order valence-corrected chi connectivity index (χ2v) is 8.33. The molecule has 0 saturated heterocycles. The van der Waals surface area contributed by atoms with Crippen molar-refractivity contribution < 1.29 is 28.5 Å². The highest BCUT2D eigenvalue weighted by molar-refractivity contribution is 5.78. The summed E-state index contributed by atoms with van der Waals surface area (Å²) < 4.78 is 27.1. The number of rotatable bonds is 10. The zero-order valence-corrected chi connectivity index (χ0v) is 19.5. The minimum Gasteiger partial charge on any atom is -0.496 e. The van der Waals surface area contributed by atoms with Crippen molar-refractivity contribution >= 4 is 5.91 Å². The Balaban J connectivity index is 1.42. The average Bonchev–Trinajstić information content (AvgIpc) is 3.53. The Morgan fingerprint density at radius 3 is 2.39 bits per heavy atom. The van der Waals surface area contributed by atoms with Gasteiger partial charge in [-0.25, -0.2) is 0 Å². The lowest BCUT2D eigenvalue weighted by Gasteiger charge is -2.28. The number of nitrogens with zero attached hydrogens (tertiary/aromatic N) is 1. The third-order valence-electron chi connectivity index (χ3n) is 6.27. The van der Waals surface area contributed by atoms with Crippen molar-refractivity contribution in [2.75, 3.05) is 34.7 Å². The summed E-state index contributed by atoms with van der Waals surface area (Å²) in [7, 11) is 4.76. The molecule has 0 atom stereocenters. The van der Waals surface area contributed by atoms with Gasteiger partial charge in [0, 0.05) is 30.8 Å². The number of nitrogens with one attached hydrogen (secondary N) is 1. The van der Waals surface area contributed by atoms with Gasteiger partial charge in [0.2, 0.25) is 12.7 Å². The van der Waals surface area contributed by atoms with E-state index in [0.29, 0.717) is 42.9 Å². The number of methoxy groups -OCH3 is 3. The van der Waals surface area contributed by atoms with Crippen molar-refractivity contribution in [2.45, 2.75) is 44.8 Å². The zero-order valence-electron chi connectivity index (χ0n) is 19.5. The molecule has 1 N–H and O–H groups in total. The van der Waals surface area contributed by atoms with E-state index in [-0.39, 0.29) is 12.7 Å². The monoisotopic (exact) mass is 456 g/mol. The maximum absolute atomic E-state index is 12.9. The fourth-order valence-electron chi connectivity index (χ4n) is 4.52. The molecule has 1 amide bonds. The Morgan fingerprint density at radius 1 is 0.970 bits per heavy atom. The number of hydrogen-bond donors (Lipinski definition) is 1. The molecule has 1 saturated carbocycles. The largest absolute Gasteiger partial charge is 0.496 e. The van der Waals surface area contributed by atoms with Gasteiger partial charge >= 0.3 is 0 Å². The molecule has 4 rings (SSSR count). The normalized spacial score (nSPS) is 15.0. The van der Waals surface area contributed by atoms with Gasteiger partial charge in [-0.3, -0.25) is 9.69 Å². The van der Waals surface area contributed by atoms with Crippen LogP contribution in [0.5, 0.6) is 28.7 Å². The molecular formula is C25H32N2O6. The molecule has 8 heteroatoms. The van der Waals surface area contributed by atoms with E-state index in [1.165, 1.54) is 12.8 Å². The summed E-state index contributed by atoms with van der Waals surface area (Å²) in [5.41, 5.74) is 1.94. The molecule has 0 spiro atoms. The number of ether oxygens (including phenoxy) is 5. The third-order valence-corrected chi connectivity index (χ3v) is 6.27. The number of benzene rings is 2. The van der Waals surface area contributed by atoms with Crippen LogP contribution in [0, 0.1) is 0 Å². The summed E-state index contributed by atoms with van der Waals surface area (Å²) >= 11 is 0. The standard InChI is InChI=1S/C25H32N2O6/c1-29-21-12-23(31-3)22(30-2)11-18(21)13-26-25(28)15-27(19-6-4-5-7-19)14-17-8-9-20-24(10-17)33-16-32-20/h8-12,19H,4-7,13-16H2,1-3H3,(H,26,28). The number of amides is 1. The molecule has 0 bridgehead atoms. The molecule has 2 aromatic carbocycles. The van der Waals surface area contributed by atoms with Crippen LogP contribution >= 0.6 is 0 Å². The van der Waals surface area contributed by atoms with Crippen LogP contribution in [0.2, 0.25) is 0 Å². The van der Waals surface area contributed by atoms with Crippen molar-refractivity contribution in [3.8, 4) is 28.7 Å². The number of hydrogen-bond acceptors (Lipinski definition) is 7. The van der Waals surface area contributed by atoms with E-state index in [2.05, 4.69) is 10.2 Å². The lowest BCUT2D eigenvalue weighted by Crippen LogP contribution is -2.41. The van der Waals surface area contributed by atoms with Gasteiger partial charge in [0.25, 0.3) is 0 Å². The van der Waals surface area contributed by atoms with Gasteiger partial charge in [-0.15, -0.1) is 0 Å². The molecule has 1 aliphatic heterocycles. The summed E-state index contributed by atoms with van der Waals surface area (Å²) in [6.07, 6.45) is 4.63. The van der Waals surface area contributed by atoms with E-state index in [0.717, 1.165) is 35.5 Å². The fourth-order valence-corrected chi connectivity index (χ4v) is 4.52. The zero-order chi connectivity index (χ0) is 23.2. The predicted molar refractivity (Wildman–Crippen MR) is 123 cm³/mol. The first-order valence-corrected chi connectivity index (χ1v) is 11.3. The fraction of sp³-hybridized carbons (Fsp3) is 0.480. The molecule has 1 heterocycles. The summed E-state index contributed by atoms with van der Waals surface area (Å²) in [5.74, 6) is 3.33. The first kappa shape index (κ1) is 23.0. The summed E-state index contributed by atoms with van der Waals surface area (Å²) in [6, 6.07) is 9.99. The van der Waals surface area contributed by atoms with Gasteiger partial charge in [-0.1, -0.05) is 18.9 Å². The highest BCUT2D eigenvalue weighted by Gasteiger charge is 2.25. The van der Waals surface area contributed by atoms with Crippen molar-refractivity contribution in [2.24, 2.45) is 0 Å². The van der Waals surface area contributed by atoms with Crippen molar-refractivity contribution in [3.63, 3.8) is 0 Å². The Labute approximate surface area is 194 Å². The summed E-state index contributed by atoms with van der Waals surface area (Å²) in [4.78, 5) is 15.2. The molecule has 178 valence electrons. The second-order valence-electron chi connectivity index (χ2n) is 8.33. The SMILES string of the molecule is COc1cc(OC)c(OC)cc1CNC(=O)CN(Cc1ccc2c(c1)OCO2)C1CCCC1. The molecule has 0 aromatic heterocycles. The predicted octanol–water partition coefficient (Wildman–Crippen LogP) is 3.50. The molecule has 33 heavy (non-hydrogen) atoms. The van der Waals surface area contributed by atoms with Crippen LogP contribution in [0.3, 0.4) is 0 Å². The highest BCUT2D eigenvalue weighted by atomic mass is 16.7.